The predicted octanol–water partition coefficient (Wildman–Crippen LogP) is 2.13. The normalized spacial score (nSPS) is 40.4. The Bertz CT molecular complexity index is 234. The molecule has 4 unspecified atom stereocenters. The maximum absolute atomic E-state index is 6.16. The van der Waals surface area contributed by atoms with Crippen LogP contribution in [0.5, 0.6) is 0 Å². The molecule has 0 amide bonds. The molecule has 3 heteroatoms. The molecule has 2 rings (SSSR count). The Morgan fingerprint density at radius 3 is 1.27 bits per heavy atom. The summed E-state index contributed by atoms with van der Waals surface area (Å²) in [5, 5.41) is 0. The van der Waals surface area contributed by atoms with E-state index in [1.54, 1.807) is 0 Å². The van der Waals surface area contributed by atoms with Crippen molar-refractivity contribution in [2.75, 3.05) is 0 Å². The third-order valence-corrected chi connectivity index (χ3v) is 3.32. The lowest BCUT2D eigenvalue weighted by molar-refractivity contribution is -0.142. The summed E-state index contributed by atoms with van der Waals surface area (Å²) in [7, 11) is 0. The second kappa shape index (κ2) is 3.19. The van der Waals surface area contributed by atoms with Crippen LogP contribution in [-0.2, 0) is 14.2 Å². The molecule has 2 heterocycles. The van der Waals surface area contributed by atoms with Crippen molar-refractivity contribution in [3.8, 4) is 0 Å². The summed E-state index contributed by atoms with van der Waals surface area (Å²) in [4.78, 5) is 0. The summed E-state index contributed by atoms with van der Waals surface area (Å²) in [5.41, 5.74) is -0.455. The predicted molar refractivity (Wildman–Crippen MR) is 57.9 cm³/mol. The average molecular weight is 214 g/mol. The Morgan fingerprint density at radius 1 is 0.800 bits per heavy atom. The zero-order valence-electron chi connectivity index (χ0n) is 10.5. The summed E-state index contributed by atoms with van der Waals surface area (Å²) in [5.74, 6) is 0. The molecule has 15 heavy (non-hydrogen) atoms. The first kappa shape index (κ1) is 11.4. The summed E-state index contributed by atoms with van der Waals surface area (Å²) < 4.78 is 17.1. The van der Waals surface area contributed by atoms with Crippen molar-refractivity contribution in [3.63, 3.8) is 0 Å². The van der Waals surface area contributed by atoms with Crippen LogP contribution in [0.15, 0.2) is 0 Å². The maximum atomic E-state index is 6.16. The highest BCUT2D eigenvalue weighted by Crippen LogP contribution is 2.42. The van der Waals surface area contributed by atoms with E-state index in [-0.39, 0.29) is 23.4 Å². The van der Waals surface area contributed by atoms with Gasteiger partial charge in [-0.2, -0.15) is 0 Å². The molecule has 0 radical (unpaired) electrons. The Morgan fingerprint density at radius 2 is 1.07 bits per heavy atom. The Labute approximate surface area is 92.1 Å². The molecular formula is C12H22O3. The van der Waals surface area contributed by atoms with Crippen molar-refractivity contribution >= 4 is 0 Å². The Hall–Kier alpha value is -0.120. The van der Waals surface area contributed by atoms with Gasteiger partial charge in [-0.1, -0.05) is 0 Å². The molecule has 2 aliphatic heterocycles. The second-order valence-electron chi connectivity index (χ2n) is 5.83. The van der Waals surface area contributed by atoms with Gasteiger partial charge in [0, 0.05) is 0 Å². The van der Waals surface area contributed by atoms with E-state index in [2.05, 4.69) is 41.5 Å². The minimum atomic E-state index is -0.228. The van der Waals surface area contributed by atoms with Crippen molar-refractivity contribution in [2.45, 2.75) is 77.2 Å². The Kier molecular flexibility index (Phi) is 2.42. The van der Waals surface area contributed by atoms with Crippen molar-refractivity contribution in [3.05, 3.63) is 0 Å². The molecule has 0 bridgehead atoms. The van der Waals surface area contributed by atoms with E-state index in [9.17, 15) is 0 Å². The van der Waals surface area contributed by atoms with Gasteiger partial charge in [-0.15, -0.1) is 0 Å². The van der Waals surface area contributed by atoms with Gasteiger partial charge in [-0.05, 0) is 41.5 Å². The average Bonchev–Trinajstić information content (AvgIpc) is 2.86. The lowest BCUT2D eigenvalue weighted by Crippen LogP contribution is -2.45. The van der Waals surface area contributed by atoms with Crippen LogP contribution in [0, 0.1) is 0 Å². The summed E-state index contributed by atoms with van der Waals surface area (Å²) in [6, 6.07) is 0. The maximum Gasteiger partial charge on any atom is 0.112 e. The molecule has 4 atom stereocenters. The summed E-state index contributed by atoms with van der Waals surface area (Å²) in [6.07, 6.45) is 1.11. The first-order valence-corrected chi connectivity index (χ1v) is 5.75. The van der Waals surface area contributed by atoms with Gasteiger partial charge in [0.15, 0.2) is 0 Å². The third-order valence-electron chi connectivity index (χ3n) is 3.32. The minimum Gasteiger partial charge on any atom is -0.367 e. The molecular weight excluding hydrogens is 192 g/mol. The van der Waals surface area contributed by atoms with Crippen LogP contribution in [0.2, 0.25) is 0 Å². The smallest absolute Gasteiger partial charge is 0.112 e. The number of epoxide rings is 2. The standard InChI is InChI=1S/C12H22O3/c1-7-9(13-7)11(3,4)15-12(5,6)10-8(2)14-10/h7-10H,1-6H3. The Balaban J connectivity index is 1.95. The highest BCUT2D eigenvalue weighted by Gasteiger charge is 2.54. The minimum absolute atomic E-state index is 0.228. The first-order valence-electron chi connectivity index (χ1n) is 5.75. The molecule has 0 aliphatic carbocycles. The van der Waals surface area contributed by atoms with Crippen molar-refractivity contribution < 1.29 is 14.2 Å². The van der Waals surface area contributed by atoms with Crippen molar-refractivity contribution in [1.29, 1.82) is 0 Å². The van der Waals surface area contributed by atoms with Gasteiger partial charge in [0.2, 0.25) is 0 Å². The number of hydrogen-bond donors (Lipinski definition) is 0. The monoisotopic (exact) mass is 214 g/mol. The lowest BCUT2D eigenvalue weighted by Gasteiger charge is -2.34. The fourth-order valence-corrected chi connectivity index (χ4v) is 2.62. The zero-order chi connectivity index (χ0) is 11.4. The molecule has 0 aromatic rings. The van der Waals surface area contributed by atoms with Crippen LogP contribution < -0.4 is 0 Å². The second-order valence-corrected chi connectivity index (χ2v) is 5.83. The molecule has 0 N–H and O–H groups in total. The van der Waals surface area contributed by atoms with E-state index in [1.807, 2.05) is 0 Å². The quantitative estimate of drug-likeness (QED) is 0.672. The molecule has 0 aromatic carbocycles. The van der Waals surface area contributed by atoms with E-state index >= 15 is 0 Å². The summed E-state index contributed by atoms with van der Waals surface area (Å²) in [6.45, 7) is 12.5. The molecule has 0 aromatic heterocycles. The number of rotatable bonds is 4. The van der Waals surface area contributed by atoms with Crippen LogP contribution in [-0.4, -0.2) is 35.6 Å². The van der Waals surface area contributed by atoms with Gasteiger partial charge < -0.3 is 14.2 Å². The van der Waals surface area contributed by atoms with E-state index in [0.29, 0.717) is 12.2 Å². The fourth-order valence-electron chi connectivity index (χ4n) is 2.62. The highest BCUT2D eigenvalue weighted by atomic mass is 16.7. The topological polar surface area (TPSA) is 34.3 Å². The van der Waals surface area contributed by atoms with Gasteiger partial charge in [-0.3, -0.25) is 0 Å². The molecule has 3 nitrogen and oxygen atoms in total. The molecule has 88 valence electrons. The van der Waals surface area contributed by atoms with Crippen molar-refractivity contribution in [1.82, 2.24) is 0 Å². The van der Waals surface area contributed by atoms with Crippen LogP contribution >= 0.6 is 0 Å². The van der Waals surface area contributed by atoms with Crippen molar-refractivity contribution in [2.24, 2.45) is 0 Å². The number of hydrogen-bond acceptors (Lipinski definition) is 3. The third kappa shape index (κ3) is 2.19. The van der Waals surface area contributed by atoms with E-state index in [4.69, 9.17) is 14.2 Å². The molecule has 0 spiro atoms. The fraction of sp³-hybridized carbons (Fsp3) is 1.00. The van der Waals surface area contributed by atoms with E-state index < -0.39 is 0 Å². The van der Waals surface area contributed by atoms with E-state index in [1.165, 1.54) is 0 Å². The van der Waals surface area contributed by atoms with Crippen LogP contribution in [0.25, 0.3) is 0 Å². The van der Waals surface area contributed by atoms with Gasteiger partial charge in [0.25, 0.3) is 0 Å². The van der Waals surface area contributed by atoms with E-state index in [0.717, 1.165) is 0 Å². The lowest BCUT2D eigenvalue weighted by atomic mass is 9.97. The molecule has 0 saturated carbocycles. The van der Waals surface area contributed by atoms with Gasteiger partial charge in [0.05, 0.1) is 23.4 Å². The molecule has 2 fully saturated rings. The van der Waals surface area contributed by atoms with Crippen LogP contribution in [0.1, 0.15) is 41.5 Å². The largest absolute Gasteiger partial charge is 0.367 e. The molecule has 2 aliphatic rings. The summed E-state index contributed by atoms with van der Waals surface area (Å²) >= 11 is 0. The highest BCUT2D eigenvalue weighted by molar-refractivity contribution is 5.01. The molecule has 2 saturated heterocycles. The SMILES string of the molecule is CC1OC1C(C)(C)OC(C)(C)C1OC1C. The van der Waals surface area contributed by atoms with Gasteiger partial charge in [0.1, 0.15) is 12.2 Å². The number of ether oxygens (including phenoxy) is 3. The first-order chi connectivity index (χ1) is 6.74. The van der Waals surface area contributed by atoms with Gasteiger partial charge in [-0.25, -0.2) is 0 Å². The van der Waals surface area contributed by atoms with Gasteiger partial charge >= 0.3 is 0 Å². The zero-order valence-corrected chi connectivity index (χ0v) is 10.5. The van der Waals surface area contributed by atoms with Crippen LogP contribution in [0.4, 0.5) is 0 Å². The van der Waals surface area contributed by atoms with Crippen LogP contribution in [0.3, 0.4) is 0 Å².